The van der Waals surface area contributed by atoms with Crippen LogP contribution in [-0.2, 0) is 4.74 Å². The second kappa shape index (κ2) is 8.05. The highest BCUT2D eigenvalue weighted by atomic mass is 16.5. The average molecular weight is 386 g/mol. The normalized spacial score (nSPS) is 13.8. The summed E-state index contributed by atoms with van der Waals surface area (Å²) in [7, 11) is 1.49. The number of aromatic hydroxyl groups is 1. The Balaban J connectivity index is 1.97. The highest BCUT2D eigenvalue weighted by Crippen LogP contribution is 2.36. The third kappa shape index (κ3) is 3.79. The molecule has 2 aromatic carbocycles. The van der Waals surface area contributed by atoms with Crippen molar-refractivity contribution in [2.75, 3.05) is 44.8 Å². The molecule has 28 heavy (non-hydrogen) atoms. The number of carbonyl (C=O) groups is 2. The topological polar surface area (TPSA) is 140 Å². The van der Waals surface area contributed by atoms with Crippen LogP contribution in [0.3, 0.4) is 0 Å². The molecular weight excluding hydrogens is 364 g/mol. The molecule has 0 aliphatic carbocycles. The summed E-state index contributed by atoms with van der Waals surface area (Å²) >= 11 is 0. The van der Waals surface area contributed by atoms with Gasteiger partial charge >= 0.3 is 0 Å². The molecule has 9 heteroatoms. The summed E-state index contributed by atoms with van der Waals surface area (Å²) in [6, 6.07) is 7.53. The first-order valence-electron chi connectivity index (χ1n) is 8.70. The van der Waals surface area contributed by atoms with E-state index in [-0.39, 0.29) is 51.6 Å². The summed E-state index contributed by atoms with van der Waals surface area (Å²) in [5, 5.41) is 12.8. The van der Waals surface area contributed by atoms with Crippen LogP contribution in [-0.4, -0.2) is 55.2 Å². The van der Waals surface area contributed by atoms with E-state index in [1.165, 1.54) is 19.2 Å². The number of benzene rings is 2. The van der Waals surface area contributed by atoms with Gasteiger partial charge in [-0.2, -0.15) is 0 Å². The van der Waals surface area contributed by atoms with Crippen LogP contribution < -0.4 is 21.5 Å². The molecule has 2 aromatic rings. The number of nitrogen functional groups attached to an aromatic ring is 2. The van der Waals surface area contributed by atoms with E-state index in [2.05, 4.69) is 5.32 Å². The molecule has 0 atom stereocenters. The Kier molecular flexibility index (Phi) is 5.55. The van der Waals surface area contributed by atoms with Crippen LogP contribution in [0.25, 0.3) is 0 Å². The van der Waals surface area contributed by atoms with Crippen LogP contribution >= 0.6 is 0 Å². The van der Waals surface area contributed by atoms with Crippen molar-refractivity contribution < 1.29 is 24.2 Å². The number of hydrogen-bond acceptors (Lipinski definition) is 7. The summed E-state index contributed by atoms with van der Waals surface area (Å²) in [5.74, 6) is -0.771. The number of phenolic OH excluding ortho intramolecular Hbond substituents is 1. The minimum Gasteiger partial charge on any atom is -0.505 e. The van der Waals surface area contributed by atoms with Gasteiger partial charge < -0.3 is 36.3 Å². The van der Waals surface area contributed by atoms with Gasteiger partial charge in [-0.1, -0.05) is 6.07 Å². The maximum absolute atomic E-state index is 12.8. The molecule has 0 radical (unpaired) electrons. The number of rotatable bonds is 4. The zero-order valence-corrected chi connectivity index (χ0v) is 15.4. The number of para-hydroxylation sites is 1. The van der Waals surface area contributed by atoms with Gasteiger partial charge in [-0.15, -0.1) is 0 Å². The van der Waals surface area contributed by atoms with E-state index in [1.54, 1.807) is 23.1 Å². The number of phenols is 1. The molecule has 3 rings (SSSR count). The Morgan fingerprint density at radius 1 is 1.14 bits per heavy atom. The lowest BCUT2D eigenvalue weighted by Crippen LogP contribution is -2.40. The number of nitrogens with zero attached hydrogens (tertiary/aromatic N) is 1. The fraction of sp³-hybridized carbons (Fsp3) is 0.263. The number of nitrogens with one attached hydrogen (secondary N) is 1. The van der Waals surface area contributed by atoms with E-state index < -0.39 is 0 Å². The number of morpholine rings is 1. The molecule has 1 aliphatic rings. The predicted octanol–water partition coefficient (Wildman–Crippen LogP) is 1.18. The highest BCUT2D eigenvalue weighted by Gasteiger charge is 2.24. The summed E-state index contributed by atoms with van der Waals surface area (Å²) in [6.45, 7) is 1.67. The monoisotopic (exact) mass is 386 g/mol. The maximum Gasteiger partial charge on any atom is 0.257 e. The van der Waals surface area contributed by atoms with E-state index in [9.17, 15) is 14.7 Å². The van der Waals surface area contributed by atoms with Gasteiger partial charge in [-0.3, -0.25) is 9.59 Å². The summed E-state index contributed by atoms with van der Waals surface area (Å²) in [5.41, 5.74) is 12.3. The molecule has 1 aliphatic heterocycles. The van der Waals surface area contributed by atoms with E-state index in [4.69, 9.17) is 20.9 Å². The molecule has 0 spiro atoms. The van der Waals surface area contributed by atoms with Gasteiger partial charge in [-0.25, -0.2) is 0 Å². The van der Waals surface area contributed by atoms with Crippen molar-refractivity contribution in [2.24, 2.45) is 0 Å². The molecule has 9 nitrogen and oxygen atoms in total. The Morgan fingerprint density at radius 2 is 1.86 bits per heavy atom. The standard InChI is InChI=1S/C19H22N4O5/c1-22-18(25)12-3-2-4-14(20)17(12)28-11-9-13(16(24)15(21)10-11)19(26)23-5-7-27-8-6-23/h2-4,9-10,24H,5-8,20-21H2,1H3,(H,22,25). The Hall–Kier alpha value is -3.46. The van der Waals surface area contributed by atoms with E-state index in [1.807, 2.05) is 0 Å². The molecule has 1 saturated heterocycles. The van der Waals surface area contributed by atoms with Gasteiger partial charge in [0.2, 0.25) is 0 Å². The van der Waals surface area contributed by atoms with Crippen molar-refractivity contribution in [1.82, 2.24) is 10.2 Å². The van der Waals surface area contributed by atoms with Crippen LogP contribution in [0, 0.1) is 0 Å². The molecule has 0 aromatic heterocycles. The van der Waals surface area contributed by atoms with E-state index >= 15 is 0 Å². The van der Waals surface area contributed by atoms with Gasteiger partial charge in [-0.05, 0) is 18.2 Å². The van der Waals surface area contributed by atoms with Crippen LogP contribution in [0.2, 0.25) is 0 Å². The number of amides is 2. The molecule has 1 heterocycles. The Morgan fingerprint density at radius 3 is 2.54 bits per heavy atom. The fourth-order valence-electron chi connectivity index (χ4n) is 2.89. The molecule has 2 amide bonds. The third-order valence-electron chi connectivity index (χ3n) is 4.38. The smallest absolute Gasteiger partial charge is 0.257 e. The lowest BCUT2D eigenvalue weighted by Gasteiger charge is -2.27. The minimum atomic E-state index is -0.384. The van der Waals surface area contributed by atoms with Crippen molar-refractivity contribution in [3.05, 3.63) is 41.5 Å². The number of anilines is 2. The molecule has 1 fully saturated rings. The Labute approximate surface area is 161 Å². The lowest BCUT2D eigenvalue weighted by molar-refractivity contribution is 0.0301. The number of ether oxygens (including phenoxy) is 2. The number of nitrogens with two attached hydrogens (primary N) is 2. The summed E-state index contributed by atoms with van der Waals surface area (Å²) in [6.07, 6.45) is 0. The molecule has 6 N–H and O–H groups in total. The highest BCUT2D eigenvalue weighted by molar-refractivity contribution is 6.00. The molecule has 0 unspecified atom stereocenters. The van der Waals surface area contributed by atoms with Crippen molar-refractivity contribution in [3.63, 3.8) is 0 Å². The minimum absolute atomic E-state index is 0.00731. The van der Waals surface area contributed by atoms with Gasteiger partial charge in [0.15, 0.2) is 11.5 Å². The molecule has 148 valence electrons. The quantitative estimate of drug-likeness (QED) is 0.457. The SMILES string of the molecule is CNC(=O)c1cccc(N)c1Oc1cc(N)c(O)c(C(=O)N2CCOCC2)c1. The van der Waals surface area contributed by atoms with Crippen molar-refractivity contribution >= 4 is 23.2 Å². The molecular formula is C19H22N4O5. The molecule has 0 saturated carbocycles. The van der Waals surface area contributed by atoms with Crippen molar-refractivity contribution in [2.45, 2.75) is 0 Å². The second-order valence-corrected chi connectivity index (χ2v) is 6.22. The maximum atomic E-state index is 12.8. The second-order valence-electron chi connectivity index (χ2n) is 6.22. The summed E-state index contributed by atoms with van der Waals surface area (Å²) < 4.78 is 11.0. The van der Waals surface area contributed by atoms with Gasteiger partial charge in [0, 0.05) is 26.2 Å². The number of carbonyl (C=O) groups excluding carboxylic acids is 2. The zero-order chi connectivity index (χ0) is 20.3. The van der Waals surface area contributed by atoms with Gasteiger partial charge in [0.1, 0.15) is 5.75 Å². The summed E-state index contributed by atoms with van der Waals surface area (Å²) in [4.78, 5) is 26.4. The van der Waals surface area contributed by atoms with Crippen LogP contribution in [0.15, 0.2) is 30.3 Å². The number of hydrogen-bond donors (Lipinski definition) is 4. The van der Waals surface area contributed by atoms with E-state index in [0.717, 1.165) is 0 Å². The first kappa shape index (κ1) is 19.3. The van der Waals surface area contributed by atoms with Crippen molar-refractivity contribution in [3.8, 4) is 17.2 Å². The van der Waals surface area contributed by atoms with Crippen LogP contribution in [0.4, 0.5) is 11.4 Å². The van der Waals surface area contributed by atoms with Crippen LogP contribution in [0.1, 0.15) is 20.7 Å². The van der Waals surface area contributed by atoms with Gasteiger partial charge in [0.25, 0.3) is 11.8 Å². The largest absolute Gasteiger partial charge is 0.505 e. The first-order valence-corrected chi connectivity index (χ1v) is 8.70. The van der Waals surface area contributed by atoms with Crippen LogP contribution in [0.5, 0.6) is 17.2 Å². The third-order valence-corrected chi connectivity index (χ3v) is 4.38. The Bertz CT molecular complexity index is 909. The fourth-order valence-corrected chi connectivity index (χ4v) is 2.89. The zero-order valence-electron chi connectivity index (χ0n) is 15.4. The molecule has 0 bridgehead atoms. The van der Waals surface area contributed by atoms with E-state index in [0.29, 0.717) is 26.3 Å². The van der Waals surface area contributed by atoms with Gasteiger partial charge in [0.05, 0.1) is 35.7 Å². The predicted molar refractivity (Wildman–Crippen MR) is 104 cm³/mol. The average Bonchev–Trinajstić information content (AvgIpc) is 2.71. The lowest BCUT2D eigenvalue weighted by atomic mass is 10.1. The van der Waals surface area contributed by atoms with Crippen molar-refractivity contribution in [1.29, 1.82) is 0 Å². The first-order chi connectivity index (χ1) is 13.4.